The Morgan fingerprint density at radius 2 is 2.29 bits per heavy atom. The van der Waals surface area contributed by atoms with Gasteiger partial charge in [-0.15, -0.1) is 6.58 Å². The highest BCUT2D eigenvalue weighted by Gasteiger charge is 2.15. The minimum absolute atomic E-state index is 0.226. The summed E-state index contributed by atoms with van der Waals surface area (Å²) in [6.07, 6.45) is 2.12. The maximum absolute atomic E-state index is 13.2. The number of aromatic hydroxyl groups is 1. The molecule has 3 N–H and O–H groups in total. The van der Waals surface area contributed by atoms with Crippen LogP contribution in [0.5, 0.6) is 5.75 Å². The lowest BCUT2D eigenvalue weighted by molar-refractivity contribution is 0.419. The van der Waals surface area contributed by atoms with Crippen molar-refractivity contribution in [1.82, 2.24) is 0 Å². The zero-order chi connectivity index (χ0) is 10.7. The van der Waals surface area contributed by atoms with Gasteiger partial charge in [0.25, 0.3) is 0 Å². The molecule has 0 radical (unpaired) electrons. The molecule has 1 atom stereocenters. The molecule has 14 heavy (non-hydrogen) atoms. The molecule has 0 aromatic heterocycles. The van der Waals surface area contributed by atoms with Crippen LogP contribution in [0.3, 0.4) is 0 Å². The lowest BCUT2D eigenvalue weighted by atomic mass is 10.0. The van der Waals surface area contributed by atoms with E-state index in [0.717, 1.165) is 0 Å². The van der Waals surface area contributed by atoms with Crippen molar-refractivity contribution in [3.05, 3.63) is 40.6 Å². The zero-order valence-corrected chi connectivity index (χ0v) is 9.09. The van der Waals surface area contributed by atoms with Gasteiger partial charge in [-0.2, -0.15) is 0 Å². The Morgan fingerprint density at radius 1 is 1.64 bits per heavy atom. The summed E-state index contributed by atoms with van der Waals surface area (Å²) in [7, 11) is 0. The molecule has 0 saturated heterocycles. The van der Waals surface area contributed by atoms with Crippen molar-refractivity contribution in [1.29, 1.82) is 0 Å². The van der Waals surface area contributed by atoms with Crippen LogP contribution in [0.1, 0.15) is 18.0 Å². The third-order valence-corrected chi connectivity index (χ3v) is 2.53. The standard InChI is InChI=1S/C10H11BrFNO/c1-2-3-8(13)6-4-5-7(11)9(12)10(6)14/h2,4-5,8,14H,1,3,13H2/t8-/m1/s1. The van der Waals surface area contributed by atoms with Crippen LogP contribution in [0.15, 0.2) is 29.3 Å². The van der Waals surface area contributed by atoms with Gasteiger partial charge < -0.3 is 10.8 Å². The Hall–Kier alpha value is -0.870. The SMILES string of the molecule is C=CC[C@@H](N)c1ccc(Br)c(F)c1O. The molecule has 0 fully saturated rings. The Morgan fingerprint density at radius 3 is 2.86 bits per heavy atom. The summed E-state index contributed by atoms with van der Waals surface area (Å²) in [6, 6.07) is 2.69. The molecule has 4 heteroatoms. The van der Waals surface area contributed by atoms with Gasteiger partial charge in [-0.25, -0.2) is 4.39 Å². The van der Waals surface area contributed by atoms with Gasteiger partial charge in [0.2, 0.25) is 0 Å². The van der Waals surface area contributed by atoms with Crippen LogP contribution in [-0.4, -0.2) is 5.11 Å². The van der Waals surface area contributed by atoms with Crippen molar-refractivity contribution in [2.24, 2.45) is 5.73 Å². The van der Waals surface area contributed by atoms with Gasteiger partial charge in [0.1, 0.15) is 0 Å². The fourth-order valence-electron chi connectivity index (χ4n) is 1.16. The summed E-state index contributed by atoms with van der Waals surface area (Å²) >= 11 is 2.97. The van der Waals surface area contributed by atoms with Gasteiger partial charge in [0.05, 0.1) is 4.47 Å². The summed E-state index contributed by atoms with van der Waals surface area (Å²) in [5, 5.41) is 9.46. The summed E-state index contributed by atoms with van der Waals surface area (Å²) in [6.45, 7) is 3.53. The maximum Gasteiger partial charge on any atom is 0.179 e. The van der Waals surface area contributed by atoms with Gasteiger partial charge >= 0.3 is 0 Å². The van der Waals surface area contributed by atoms with E-state index < -0.39 is 17.6 Å². The first-order valence-corrected chi connectivity index (χ1v) is 4.90. The van der Waals surface area contributed by atoms with Crippen molar-refractivity contribution in [2.45, 2.75) is 12.5 Å². The molecule has 0 saturated carbocycles. The first kappa shape index (κ1) is 11.2. The molecule has 0 amide bonds. The van der Waals surface area contributed by atoms with E-state index in [1.807, 2.05) is 0 Å². The predicted octanol–water partition coefficient (Wildman–Crippen LogP) is 2.87. The van der Waals surface area contributed by atoms with Crippen molar-refractivity contribution in [2.75, 3.05) is 0 Å². The van der Waals surface area contributed by atoms with E-state index in [1.54, 1.807) is 12.1 Å². The molecule has 0 bridgehead atoms. The molecule has 0 aliphatic carbocycles. The largest absolute Gasteiger partial charge is 0.505 e. The Labute approximate surface area is 90.4 Å². The fraction of sp³-hybridized carbons (Fsp3) is 0.200. The van der Waals surface area contributed by atoms with E-state index in [1.165, 1.54) is 6.07 Å². The Balaban J connectivity index is 3.10. The number of nitrogens with two attached hydrogens (primary N) is 1. The first-order valence-electron chi connectivity index (χ1n) is 4.11. The number of hydrogen-bond donors (Lipinski definition) is 2. The van der Waals surface area contributed by atoms with Gasteiger partial charge in [-0.05, 0) is 28.4 Å². The van der Waals surface area contributed by atoms with E-state index in [9.17, 15) is 9.50 Å². The monoisotopic (exact) mass is 259 g/mol. The molecular formula is C10H11BrFNO. The summed E-state index contributed by atoms with van der Waals surface area (Å²) in [5.41, 5.74) is 6.11. The van der Waals surface area contributed by atoms with Gasteiger partial charge in [-0.1, -0.05) is 12.1 Å². The number of phenolic OH excluding ortho intramolecular Hbond substituents is 1. The van der Waals surface area contributed by atoms with E-state index in [4.69, 9.17) is 5.73 Å². The lowest BCUT2D eigenvalue weighted by Gasteiger charge is -2.12. The van der Waals surface area contributed by atoms with Crippen LogP contribution in [0, 0.1) is 5.82 Å². The molecule has 76 valence electrons. The van der Waals surface area contributed by atoms with Crippen LogP contribution in [0.25, 0.3) is 0 Å². The summed E-state index contributed by atoms with van der Waals surface area (Å²) in [4.78, 5) is 0. The molecule has 0 spiro atoms. The number of halogens is 2. The van der Waals surface area contributed by atoms with Gasteiger partial charge in [0, 0.05) is 11.6 Å². The maximum atomic E-state index is 13.2. The second-order valence-corrected chi connectivity index (χ2v) is 3.78. The van der Waals surface area contributed by atoms with E-state index in [2.05, 4.69) is 22.5 Å². The topological polar surface area (TPSA) is 46.2 Å². The van der Waals surface area contributed by atoms with Crippen LogP contribution < -0.4 is 5.73 Å². The Kier molecular flexibility index (Phi) is 3.66. The fourth-order valence-corrected chi connectivity index (χ4v) is 1.48. The first-order chi connectivity index (χ1) is 6.57. The van der Waals surface area contributed by atoms with Crippen molar-refractivity contribution in [3.8, 4) is 5.75 Å². The molecule has 1 rings (SSSR count). The number of rotatable bonds is 3. The average Bonchev–Trinajstić information content (AvgIpc) is 2.15. The quantitative estimate of drug-likeness (QED) is 0.821. The number of hydrogen-bond acceptors (Lipinski definition) is 2. The van der Waals surface area contributed by atoms with Gasteiger partial charge in [-0.3, -0.25) is 0 Å². The van der Waals surface area contributed by atoms with Crippen molar-refractivity contribution in [3.63, 3.8) is 0 Å². The highest BCUT2D eigenvalue weighted by Crippen LogP contribution is 2.31. The molecule has 0 aliphatic heterocycles. The third kappa shape index (κ3) is 2.13. The molecule has 1 aromatic rings. The Bertz CT molecular complexity index is 354. The smallest absolute Gasteiger partial charge is 0.179 e. The minimum Gasteiger partial charge on any atom is -0.505 e. The summed E-state index contributed by atoms with van der Waals surface area (Å²) in [5.74, 6) is -1.07. The van der Waals surface area contributed by atoms with Crippen LogP contribution in [0.4, 0.5) is 4.39 Å². The van der Waals surface area contributed by atoms with Crippen LogP contribution in [-0.2, 0) is 0 Å². The third-order valence-electron chi connectivity index (χ3n) is 1.92. The van der Waals surface area contributed by atoms with Crippen molar-refractivity contribution >= 4 is 15.9 Å². The second kappa shape index (κ2) is 4.57. The highest BCUT2D eigenvalue weighted by atomic mass is 79.9. The van der Waals surface area contributed by atoms with Crippen LogP contribution >= 0.6 is 15.9 Å². The highest BCUT2D eigenvalue weighted by molar-refractivity contribution is 9.10. The van der Waals surface area contributed by atoms with E-state index in [-0.39, 0.29) is 4.47 Å². The molecule has 0 unspecified atom stereocenters. The van der Waals surface area contributed by atoms with E-state index >= 15 is 0 Å². The van der Waals surface area contributed by atoms with Crippen LogP contribution in [0.2, 0.25) is 0 Å². The minimum atomic E-state index is -0.679. The molecule has 0 heterocycles. The van der Waals surface area contributed by atoms with Crippen molar-refractivity contribution < 1.29 is 9.50 Å². The summed E-state index contributed by atoms with van der Waals surface area (Å²) < 4.78 is 13.4. The molecular weight excluding hydrogens is 249 g/mol. The second-order valence-electron chi connectivity index (χ2n) is 2.93. The predicted molar refractivity (Wildman–Crippen MR) is 57.5 cm³/mol. The number of phenols is 1. The molecule has 1 aromatic carbocycles. The molecule has 2 nitrogen and oxygen atoms in total. The van der Waals surface area contributed by atoms with E-state index in [0.29, 0.717) is 12.0 Å². The average molecular weight is 260 g/mol. The zero-order valence-electron chi connectivity index (χ0n) is 7.50. The lowest BCUT2D eigenvalue weighted by Crippen LogP contribution is -2.09. The molecule has 0 aliphatic rings. The normalized spacial score (nSPS) is 12.5. The van der Waals surface area contributed by atoms with Gasteiger partial charge in [0.15, 0.2) is 11.6 Å². The number of benzene rings is 1.